The summed E-state index contributed by atoms with van der Waals surface area (Å²) in [5.41, 5.74) is 1.00. The molecule has 0 amide bonds. The minimum absolute atomic E-state index is 0.490. The lowest BCUT2D eigenvalue weighted by molar-refractivity contribution is 0.185. The van der Waals surface area contributed by atoms with Gasteiger partial charge in [-0.1, -0.05) is 34.1 Å². The molecule has 1 N–H and O–H groups in total. The lowest BCUT2D eigenvalue weighted by Gasteiger charge is -2.42. The Bertz CT molecular complexity index is 247. The first kappa shape index (κ1) is 12.8. The first-order valence-electron chi connectivity index (χ1n) is 6.76. The Hall–Kier alpha value is 0.310. The molecular formula is C14H27NS. The Labute approximate surface area is 105 Å². The van der Waals surface area contributed by atoms with Gasteiger partial charge in [0, 0.05) is 17.8 Å². The molecule has 0 spiro atoms. The van der Waals surface area contributed by atoms with E-state index in [9.17, 15) is 0 Å². The maximum atomic E-state index is 3.98. The molecule has 1 aliphatic carbocycles. The van der Waals surface area contributed by atoms with Gasteiger partial charge in [-0.3, -0.25) is 0 Å². The molecule has 1 heterocycles. The molecule has 0 radical (unpaired) electrons. The predicted molar refractivity (Wildman–Crippen MR) is 74.1 cm³/mol. The van der Waals surface area contributed by atoms with Gasteiger partial charge in [0.2, 0.25) is 0 Å². The van der Waals surface area contributed by atoms with Crippen molar-refractivity contribution in [1.29, 1.82) is 0 Å². The van der Waals surface area contributed by atoms with Gasteiger partial charge in [-0.05, 0) is 35.8 Å². The Balaban J connectivity index is 1.98. The minimum Gasteiger partial charge on any atom is -0.309 e. The summed E-state index contributed by atoms with van der Waals surface area (Å²) >= 11 is 2.13. The van der Waals surface area contributed by atoms with E-state index in [1.165, 1.54) is 37.2 Å². The second kappa shape index (κ2) is 4.53. The zero-order chi connectivity index (χ0) is 11.8. The Morgan fingerprint density at radius 1 is 1.00 bits per heavy atom. The molecule has 0 aromatic carbocycles. The molecule has 2 atom stereocenters. The topological polar surface area (TPSA) is 12.0 Å². The highest BCUT2D eigenvalue weighted by atomic mass is 32.2. The van der Waals surface area contributed by atoms with Gasteiger partial charge in [0.25, 0.3) is 0 Å². The molecule has 2 heteroatoms. The summed E-state index contributed by atoms with van der Waals surface area (Å²) in [6, 6.07) is 1.46. The van der Waals surface area contributed by atoms with Crippen molar-refractivity contribution < 1.29 is 0 Å². The van der Waals surface area contributed by atoms with Crippen molar-refractivity contribution in [2.45, 2.75) is 65.5 Å². The maximum Gasteiger partial charge on any atom is 0.0212 e. The van der Waals surface area contributed by atoms with Crippen molar-refractivity contribution in [2.24, 2.45) is 10.8 Å². The Morgan fingerprint density at radius 3 is 2.25 bits per heavy atom. The molecule has 94 valence electrons. The van der Waals surface area contributed by atoms with Gasteiger partial charge in [0.15, 0.2) is 0 Å². The molecule has 0 aromatic heterocycles. The quantitative estimate of drug-likeness (QED) is 0.791. The molecule has 1 aliphatic heterocycles. The van der Waals surface area contributed by atoms with Crippen molar-refractivity contribution in [3.8, 4) is 0 Å². The van der Waals surface area contributed by atoms with Crippen LogP contribution >= 0.6 is 11.8 Å². The van der Waals surface area contributed by atoms with E-state index in [1.54, 1.807) is 0 Å². The first-order valence-corrected chi connectivity index (χ1v) is 7.91. The van der Waals surface area contributed by atoms with Gasteiger partial charge >= 0.3 is 0 Å². The number of hydrogen-bond donors (Lipinski definition) is 1. The van der Waals surface area contributed by atoms with Crippen LogP contribution in [0.2, 0.25) is 0 Å². The van der Waals surface area contributed by atoms with E-state index in [1.807, 2.05) is 0 Å². The van der Waals surface area contributed by atoms with Crippen LogP contribution in [-0.2, 0) is 0 Å². The largest absolute Gasteiger partial charge is 0.309 e. The highest BCUT2D eigenvalue weighted by Crippen LogP contribution is 2.40. The molecule has 1 nitrogen and oxygen atoms in total. The summed E-state index contributed by atoms with van der Waals surface area (Å²) < 4.78 is 0. The van der Waals surface area contributed by atoms with Gasteiger partial charge in [0.1, 0.15) is 0 Å². The average Bonchev–Trinajstić information content (AvgIpc) is 2.49. The van der Waals surface area contributed by atoms with Crippen LogP contribution in [0.5, 0.6) is 0 Å². The summed E-state index contributed by atoms with van der Waals surface area (Å²) in [7, 11) is 0. The van der Waals surface area contributed by atoms with E-state index < -0.39 is 0 Å². The summed E-state index contributed by atoms with van der Waals surface area (Å²) in [4.78, 5) is 0. The Kier molecular flexibility index (Phi) is 3.61. The van der Waals surface area contributed by atoms with Gasteiger partial charge in [0.05, 0.1) is 0 Å². The van der Waals surface area contributed by atoms with Crippen molar-refractivity contribution >= 4 is 11.8 Å². The standard InChI is InChI=1S/C14H27NS/c1-13(2)7-5-6-11(13)15-12-10-16-9-8-14(12,3)4/h11-12,15H,5-10H2,1-4H3. The SMILES string of the molecule is CC1(C)CCCC1NC1CSCCC1(C)C. The molecule has 0 bridgehead atoms. The van der Waals surface area contributed by atoms with Crippen LogP contribution in [0.1, 0.15) is 53.4 Å². The predicted octanol–water partition coefficient (Wildman–Crippen LogP) is 3.69. The van der Waals surface area contributed by atoms with Gasteiger partial charge in [-0.2, -0.15) is 11.8 Å². The smallest absolute Gasteiger partial charge is 0.0212 e. The second-order valence-corrected chi connectivity index (χ2v) is 8.12. The minimum atomic E-state index is 0.490. The molecule has 1 saturated carbocycles. The Morgan fingerprint density at radius 2 is 1.69 bits per heavy atom. The van der Waals surface area contributed by atoms with Gasteiger partial charge < -0.3 is 5.32 Å². The zero-order valence-corrected chi connectivity index (χ0v) is 12.1. The lowest BCUT2D eigenvalue weighted by atomic mass is 9.80. The third kappa shape index (κ3) is 2.59. The molecular weight excluding hydrogens is 214 g/mol. The van der Waals surface area contributed by atoms with Crippen molar-refractivity contribution in [2.75, 3.05) is 11.5 Å². The van der Waals surface area contributed by atoms with Crippen molar-refractivity contribution in [3.63, 3.8) is 0 Å². The van der Waals surface area contributed by atoms with E-state index in [0.717, 1.165) is 6.04 Å². The van der Waals surface area contributed by atoms with Crippen molar-refractivity contribution in [3.05, 3.63) is 0 Å². The van der Waals surface area contributed by atoms with E-state index in [2.05, 4.69) is 44.8 Å². The molecule has 16 heavy (non-hydrogen) atoms. The summed E-state index contributed by atoms with van der Waals surface area (Å²) in [6.45, 7) is 9.74. The number of hydrogen-bond acceptors (Lipinski definition) is 2. The fraction of sp³-hybridized carbons (Fsp3) is 1.00. The molecule has 2 unspecified atom stereocenters. The highest BCUT2D eigenvalue weighted by Gasteiger charge is 2.39. The van der Waals surface area contributed by atoms with Gasteiger partial charge in [-0.15, -0.1) is 0 Å². The second-order valence-electron chi connectivity index (χ2n) is 6.97. The normalized spacial score (nSPS) is 37.5. The van der Waals surface area contributed by atoms with Crippen LogP contribution < -0.4 is 5.32 Å². The number of nitrogens with one attached hydrogen (secondary N) is 1. The lowest BCUT2D eigenvalue weighted by Crippen LogP contribution is -2.53. The van der Waals surface area contributed by atoms with Crippen molar-refractivity contribution in [1.82, 2.24) is 5.32 Å². The third-order valence-electron chi connectivity index (χ3n) is 4.78. The number of thioether (sulfide) groups is 1. The summed E-state index contributed by atoms with van der Waals surface area (Å²) in [5.74, 6) is 2.65. The molecule has 1 saturated heterocycles. The highest BCUT2D eigenvalue weighted by molar-refractivity contribution is 7.99. The van der Waals surface area contributed by atoms with E-state index in [0.29, 0.717) is 16.9 Å². The molecule has 2 fully saturated rings. The fourth-order valence-corrected chi connectivity index (χ4v) is 4.71. The summed E-state index contributed by atoms with van der Waals surface area (Å²) in [6.07, 6.45) is 5.54. The maximum absolute atomic E-state index is 3.98. The zero-order valence-electron chi connectivity index (χ0n) is 11.3. The third-order valence-corrected chi connectivity index (χ3v) is 5.84. The van der Waals surface area contributed by atoms with Crippen LogP contribution in [0.3, 0.4) is 0 Å². The van der Waals surface area contributed by atoms with Crippen LogP contribution in [0.25, 0.3) is 0 Å². The summed E-state index contributed by atoms with van der Waals surface area (Å²) in [5, 5.41) is 3.98. The van der Waals surface area contributed by atoms with E-state index in [-0.39, 0.29) is 0 Å². The van der Waals surface area contributed by atoms with E-state index >= 15 is 0 Å². The monoisotopic (exact) mass is 241 g/mol. The average molecular weight is 241 g/mol. The van der Waals surface area contributed by atoms with E-state index in [4.69, 9.17) is 0 Å². The molecule has 2 aliphatic rings. The number of rotatable bonds is 2. The van der Waals surface area contributed by atoms with Crippen LogP contribution in [0.4, 0.5) is 0 Å². The first-order chi connectivity index (χ1) is 7.42. The molecule has 2 rings (SSSR count). The van der Waals surface area contributed by atoms with Gasteiger partial charge in [-0.25, -0.2) is 0 Å². The van der Waals surface area contributed by atoms with Crippen LogP contribution in [-0.4, -0.2) is 23.6 Å². The molecule has 0 aromatic rings. The fourth-order valence-electron chi connectivity index (χ4n) is 3.09. The van der Waals surface area contributed by atoms with Crippen LogP contribution in [0, 0.1) is 10.8 Å². The van der Waals surface area contributed by atoms with Crippen LogP contribution in [0.15, 0.2) is 0 Å².